The van der Waals surface area contributed by atoms with Crippen LogP contribution in [-0.4, -0.2) is 37.5 Å². The second kappa shape index (κ2) is 6.37. The lowest BCUT2D eigenvalue weighted by atomic mass is 10.3. The Hall–Kier alpha value is -1.10. The van der Waals surface area contributed by atoms with E-state index in [9.17, 15) is 9.59 Å². The predicted molar refractivity (Wildman–Crippen MR) is 54.8 cm³/mol. The van der Waals surface area contributed by atoms with E-state index in [4.69, 9.17) is 0 Å². The molecule has 1 atom stereocenters. The average molecular weight is 201 g/mol. The summed E-state index contributed by atoms with van der Waals surface area (Å²) < 4.78 is 0. The van der Waals surface area contributed by atoms with Gasteiger partial charge >= 0.3 is 0 Å². The lowest BCUT2D eigenvalue weighted by molar-refractivity contribution is -0.127. The number of hydrogen-bond acceptors (Lipinski definition) is 3. The number of carbonyl (C=O) groups excluding carboxylic acids is 2. The van der Waals surface area contributed by atoms with Gasteiger partial charge in [-0.15, -0.1) is 0 Å². The molecule has 0 aliphatic carbocycles. The SMILES string of the molecule is CNC(=O)C(C)NC(=O)CNC(C)C. The first kappa shape index (κ1) is 12.9. The normalized spacial score (nSPS) is 12.4. The van der Waals surface area contributed by atoms with Crippen molar-refractivity contribution >= 4 is 11.8 Å². The number of amides is 2. The minimum atomic E-state index is -0.485. The van der Waals surface area contributed by atoms with Gasteiger partial charge in [-0.2, -0.15) is 0 Å². The molecule has 82 valence electrons. The maximum absolute atomic E-state index is 11.2. The monoisotopic (exact) mass is 201 g/mol. The van der Waals surface area contributed by atoms with Crippen LogP contribution in [-0.2, 0) is 9.59 Å². The van der Waals surface area contributed by atoms with Crippen LogP contribution in [0.5, 0.6) is 0 Å². The summed E-state index contributed by atoms with van der Waals surface area (Å²) in [6.45, 7) is 5.79. The van der Waals surface area contributed by atoms with Gasteiger partial charge in [0.2, 0.25) is 11.8 Å². The maximum Gasteiger partial charge on any atom is 0.242 e. The zero-order valence-electron chi connectivity index (χ0n) is 9.18. The van der Waals surface area contributed by atoms with Crippen LogP contribution in [0.1, 0.15) is 20.8 Å². The Morgan fingerprint density at radius 3 is 2.21 bits per heavy atom. The van der Waals surface area contributed by atoms with Crippen molar-refractivity contribution in [2.45, 2.75) is 32.9 Å². The molecule has 5 heteroatoms. The zero-order valence-corrected chi connectivity index (χ0v) is 9.18. The molecule has 0 rings (SSSR count). The van der Waals surface area contributed by atoms with Gasteiger partial charge in [-0.05, 0) is 6.92 Å². The molecule has 0 radical (unpaired) electrons. The van der Waals surface area contributed by atoms with Crippen LogP contribution in [0.3, 0.4) is 0 Å². The minimum Gasteiger partial charge on any atom is -0.357 e. The quantitative estimate of drug-likeness (QED) is 0.547. The molecule has 14 heavy (non-hydrogen) atoms. The molecular weight excluding hydrogens is 182 g/mol. The van der Waals surface area contributed by atoms with Crippen LogP contribution >= 0.6 is 0 Å². The lowest BCUT2D eigenvalue weighted by Gasteiger charge is -2.13. The molecule has 0 heterocycles. The summed E-state index contributed by atoms with van der Waals surface area (Å²) in [5, 5.41) is 8.00. The summed E-state index contributed by atoms with van der Waals surface area (Å²) in [6, 6.07) is -0.225. The summed E-state index contributed by atoms with van der Waals surface area (Å²) in [7, 11) is 1.54. The first-order valence-electron chi connectivity index (χ1n) is 4.71. The van der Waals surface area contributed by atoms with E-state index >= 15 is 0 Å². The number of likely N-dealkylation sites (N-methyl/N-ethyl adjacent to an activating group) is 1. The van der Waals surface area contributed by atoms with E-state index in [1.54, 1.807) is 6.92 Å². The molecule has 5 nitrogen and oxygen atoms in total. The fourth-order valence-electron chi connectivity index (χ4n) is 0.871. The van der Waals surface area contributed by atoms with Crippen molar-refractivity contribution in [1.82, 2.24) is 16.0 Å². The minimum absolute atomic E-state index is 0.171. The molecule has 0 fully saturated rings. The fraction of sp³-hybridized carbons (Fsp3) is 0.778. The van der Waals surface area contributed by atoms with Gasteiger partial charge in [0.25, 0.3) is 0 Å². The molecule has 0 spiro atoms. The van der Waals surface area contributed by atoms with Crippen LogP contribution in [0.25, 0.3) is 0 Å². The van der Waals surface area contributed by atoms with Gasteiger partial charge in [-0.1, -0.05) is 13.8 Å². The van der Waals surface area contributed by atoms with Gasteiger partial charge in [0, 0.05) is 13.1 Å². The molecule has 0 aliphatic rings. The highest BCUT2D eigenvalue weighted by Crippen LogP contribution is 1.81. The Morgan fingerprint density at radius 1 is 1.21 bits per heavy atom. The zero-order chi connectivity index (χ0) is 11.1. The first-order chi connectivity index (χ1) is 6.47. The van der Waals surface area contributed by atoms with E-state index in [0.717, 1.165) is 0 Å². The topological polar surface area (TPSA) is 70.2 Å². The maximum atomic E-state index is 11.2. The lowest BCUT2D eigenvalue weighted by Crippen LogP contribution is -2.47. The van der Waals surface area contributed by atoms with Crippen molar-refractivity contribution in [1.29, 1.82) is 0 Å². The van der Waals surface area contributed by atoms with Crippen molar-refractivity contribution in [3.05, 3.63) is 0 Å². The Morgan fingerprint density at radius 2 is 1.79 bits per heavy atom. The third-order valence-corrected chi connectivity index (χ3v) is 1.69. The van der Waals surface area contributed by atoms with Crippen LogP contribution in [0.2, 0.25) is 0 Å². The molecule has 0 aromatic carbocycles. The van der Waals surface area contributed by atoms with E-state index in [1.807, 2.05) is 13.8 Å². The Kier molecular flexibility index (Phi) is 5.87. The molecular formula is C9H19N3O2. The van der Waals surface area contributed by atoms with E-state index in [2.05, 4.69) is 16.0 Å². The van der Waals surface area contributed by atoms with Crippen LogP contribution in [0.15, 0.2) is 0 Å². The Balaban J connectivity index is 3.77. The van der Waals surface area contributed by atoms with Gasteiger partial charge in [-0.3, -0.25) is 9.59 Å². The summed E-state index contributed by atoms with van der Waals surface area (Å²) in [5.74, 6) is -0.363. The van der Waals surface area contributed by atoms with Crippen molar-refractivity contribution in [2.24, 2.45) is 0 Å². The van der Waals surface area contributed by atoms with Crippen molar-refractivity contribution in [3.63, 3.8) is 0 Å². The van der Waals surface area contributed by atoms with E-state index < -0.39 is 6.04 Å². The number of hydrogen-bond donors (Lipinski definition) is 3. The molecule has 0 bridgehead atoms. The molecule has 0 aliphatic heterocycles. The number of rotatable bonds is 5. The summed E-state index contributed by atoms with van der Waals surface area (Å²) in [5.41, 5.74) is 0. The largest absolute Gasteiger partial charge is 0.357 e. The average Bonchev–Trinajstić information content (AvgIpc) is 2.13. The van der Waals surface area contributed by atoms with Gasteiger partial charge < -0.3 is 16.0 Å². The van der Waals surface area contributed by atoms with Gasteiger partial charge in [0.15, 0.2) is 0 Å². The molecule has 1 unspecified atom stereocenters. The van der Waals surface area contributed by atoms with E-state index in [-0.39, 0.29) is 24.4 Å². The van der Waals surface area contributed by atoms with Gasteiger partial charge in [-0.25, -0.2) is 0 Å². The first-order valence-corrected chi connectivity index (χ1v) is 4.71. The van der Waals surface area contributed by atoms with Gasteiger partial charge in [0.05, 0.1) is 6.54 Å². The number of nitrogens with one attached hydrogen (secondary N) is 3. The highest BCUT2D eigenvalue weighted by molar-refractivity contribution is 5.87. The van der Waals surface area contributed by atoms with Crippen molar-refractivity contribution in [2.75, 3.05) is 13.6 Å². The Labute approximate surface area is 84.6 Å². The van der Waals surface area contributed by atoms with E-state index in [0.29, 0.717) is 0 Å². The summed E-state index contributed by atoms with van der Waals surface area (Å²) in [4.78, 5) is 22.3. The third-order valence-electron chi connectivity index (χ3n) is 1.69. The van der Waals surface area contributed by atoms with Crippen LogP contribution in [0, 0.1) is 0 Å². The second-order valence-electron chi connectivity index (χ2n) is 3.44. The predicted octanol–water partition coefficient (Wildman–Crippen LogP) is -0.765. The smallest absolute Gasteiger partial charge is 0.242 e. The van der Waals surface area contributed by atoms with Crippen LogP contribution < -0.4 is 16.0 Å². The highest BCUT2D eigenvalue weighted by Gasteiger charge is 2.13. The van der Waals surface area contributed by atoms with Crippen molar-refractivity contribution in [3.8, 4) is 0 Å². The highest BCUT2D eigenvalue weighted by atomic mass is 16.2. The summed E-state index contributed by atoms with van der Waals surface area (Å²) >= 11 is 0. The molecule has 2 amide bonds. The molecule has 0 saturated carbocycles. The fourth-order valence-corrected chi connectivity index (χ4v) is 0.871. The standard InChI is InChI=1S/C9H19N3O2/c1-6(2)11-5-8(13)12-7(3)9(14)10-4/h6-7,11H,5H2,1-4H3,(H,10,14)(H,12,13). The van der Waals surface area contributed by atoms with Gasteiger partial charge in [0.1, 0.15) is 6.04 Å². The van der Waals surface area contributed by atoms with Crippen molar-refractivity contribution < 1.29 is 9.59 Å². The molecule has 0 aromatic rings. The molecule has 0 aromatic heterocycles. The van der Waals surface area contributed by atoms with E-state index in [1.165, 1.54) is 7.05 Å². The van der Waals surface area contributed by atoms with Crippen LogP contribution in [0.4, 0.5) is 0 Å². The summed E-state index contributed by atoms with van der Waals surface area (Å²) in [6.07, 6.45) is 0. The Bertz CT molecular complexity index is 204. The molecule has 3 N–H and O–H groups in total. The number of carbonyl (C=O) groups is 2. The molecule has 0 saturated heterocycles. The third kappa shape index (κ3) is 5.53. The second-order valence-corrected chi connectivity index (χ2v) is 3.44.